The zero-order valence-electron chi connectivity index (χ0n) is 13.8. The monoisotopic (exact) mass is 320 g/mol. The number of aromatic amines is 1. The smallest absolute Gasteiger partial charge is 0.257 e. The van der Waals surface area contributed by atoms with Gasteiger partial charge in [0.05, 0.1) is 19.3 Å². The summed E-state index contributed by atoms with van der Waals surface area (Å²) in [5.74, 6) is -0.381. The highest BCUT2D eigenvalue weighted by atomic mass is 16.5. The van der Waals surface area contributed by atoms with Crippen molar-refractivity contribution in [1.29, 1.82) is 0 Å². The molecule has 1 aliphatic heterocycles. The van der Waals surface area contributed by atoms with Crippen LogP contribution in [-0.4, -0.2) is 42.9 Å². The molecule has 2 N–H and O–H groups in total. The van der Waals surface area contributed by atoms with E-state index in [1.165, 1.54) is 17.8 Å². The predicted octanol–water partition coefficient (Wildman–Crippen LogP) is 1.55. The molecule has 23 heavy (non-hydrogen) atoms. The molecule has 1 aromatic heterocycles. The van der Waals surface area contributed by atoms with Gasteiger partial charge in [-0.05, 0) is 27.2 Å². The van der Waals surface area contributed by atoms with Crippen molar-refractivity contribution in [3.8, 4) is 0 Å². The van der Waals surface area contributed by atoms with E-state index in [9.17, 15) is 9.59 Å². The topological polar surface area (TPSA) is 80.4 Å². The fraction of sp³-hybridized carbons (Fsp3) is 0.529. The summed E-state index contributed by atoms with van der Waals surface area (Å²) >= 11 is 0. The zero-order chi connectivity index (χ0) is 16.8. The molecule has 1 aromatic rings. The van der Waals surface area contributed by atoms with Gasteiger partial charge in [-0.3, -0.25) is 9.59 Å². The van der Waals surface area contributed by atoms with Crippen LogP contribution in [0.15, 0.2) is 28.7 Å². The van der Waals surface area contributed by atoms with E-state index < -0.39 is 0 Å². The molecule has 0 saturated carbocycles. The molecule has 1 fully saturated rings. The number of H-pyrrole nitrogens is 1. The third kappa shape index (κ3) is 5.04. The molecule has 6 heteroatoms. The van der Waals surface area contributed by atoms with Gasteiger partial charge in [0, 0.05) is 24.6 Å². The van der Waals surface area contributed by atoms with Crippen LogP contribution in [0.25, 0.3) is 0 Å². The van der Waals surface area contributed by atoms with Crippen LogP contribution >= 0.6 is 0 Å². The highest BCUT2D eigenvalue weighted by molar-refractivity contribution is 5.94. The highest BCUT2D eigenvalue weighted by Gasteiger charge is 2.28. The maximum Gasteiger partial charge on any atom is 0.257 e. The predicted molar refractivity (Wildman–Crippen MR) is 87.7 cm³/mol. The van der Waals surface area contributed by atoms with Crippen molar-refractivity contribution in [2.75, 3.05) is 19.8 Å². The lowest BCUT2D eigenvalue weighted by Crippen LogP contribution is -2.50. The van der Waals surface area contributed by atoms with E-state index in [-0.39, 0.29) is 29.0 Å². The first-order valence-electron chi connectivity index (χ1n) is 7.80. The summed E-state index contributed by atoms with van der Waals surface area (Å²) in [6.45, 7) is 7.26. The Bertz CT molecular complexity index is 632. The Morgan fingerprint density at radius 2 is 2.30 bits per heavy atom. The van der Waals surface area contributed by atoms with Gasteiger partial charge in [0.1, 0.15) is 11.7 Å². The highest BCUT2D eigenvalue weighted by Crippen LogP contribution is 2.12. The Hall–Kier alpha value is -1.92. The minimum absolute atomic E-state index is 0.116. The molecule has 1 amide bonds. The number of nitrogens with one attached hydrogen (secondary N) is 2. The summed E-state index contributed by atoms with van der Waals surface area (Å²) in [6, 6.07) is 1.25. The van der Waals surface area contributed by atoms with Gasteiger partial charge < -0.3 is 19.8 Å². The first-order chi connectivity index (χ1) is 11.0. The molecular formula is C17H24N2O4. The summed E-state index contributed by atoms with van der Waals surface area (Å²) in [6.07, 6.45) is 3.88. The van der Waals surface area contributed by atoms with Crippen LogP contribution in [-0.2, 0) is 9.47 Å². The van der Waals surface area contributed by atoms with E-state index in [1.807, 2.05) is 19.9 Å². The number of aryl methyl sites for hydroxylation is 1. The number of hydrogen-bond acceptors (Lipinski definition) is 4. The quantitative estimate of drug-likeness (QED) is 0.807. The zero-order valence-corrected chi connectivity index (χ0v) is 13.8. The number of amides is 1. The van der Waals surface area contributed by atoms with Crippen LogP contribution in [0, 0.1) is 6.92 Å². The molecule has 2 heterocycles. The van der Waals surface area contributed by atoms with Gasteiger partial charge in [-0.25, -0.2) is 0 Å². The van der Waals surface area contributed by atoms with E-state index in [1.54, 1.807) is 6.92 Å². The lowest BCUT2D eigenvalue weighted by Gasteiger charge is -2.31. The van der Waals surface area contributed by atoms with Crippen molar-refractivity contribution in [2.24, 2.45) is 0 Å². The van der Waals surface area contributed by atoms with Crippen LogP contribution in [0.2, 0.25) is 0 Å². The van der Waals surface area contributed by atoms with Crippen molar-refractivity contribution in [3.05, 3.63) is 45.4 Å². The summed E-state index contributed by atoms with van der Waals surface area (Å²) in [5.41, 5.74) is 1.73. The lowest BCUT2D eigenvalue weighted by atomic mass is 10.1. The number of rotatable bonds is 5. The number of carbonyl (C=O) groups excluding carboxylic acids is 1. The van der Waals surface area contributed by atoms with Crippen LogP contribution in [0.5, 0.6) is 0 Å². The lowest BCUT2D eigenvalue weighted by molar-refractivity contribution is -0.0589. The van der Waals surface area contributed by atoms with E-state index >= 15 is 0 Å². The first kappa shape index (κ1) is 17.4. The molecular weight excluding hydrogens is 296 g/mol. The minimum atomic E-state index is -0.381. The molecule has 2 rings (SSSR count). The second kappa shape index (κ2) is 8.08. The van der Waals surface area contributed by atoms with E-state index in [4.69, 9.17) is 9.47 Å². The van der Waals surface area contributed by atoms with Gasteiger partial charge in [-0.15, -0.1) is 0 Å². The van der Waals surface area contributed by atoms with Crippen molar-refractivity contribution in [2.45, 2.75) is 39.3 Å². The molecule has 0 aromatic carbocycles. The van der Waals surface area contributed by atoms with Crippen molar-refractivity contribution < 1.29 is 14.3 Å². The first-order valence-corrected chi connectivity index (χ1v) is 7.80. The third-order valence-electron chi connectivity index (χ3n) is 3.72. The molecule has 2 atom stereocenters. The van der Waals surface area contributed by atoms with E-state index in [2.05, 4.69) is 10.3 Å². The van der Waals surface area contributed by atoms with Gasteiger partial charge >= 0.3 is 0 Å². The average Bonchev–Trinajstić information content (AvgIpc) is 2.48. The van der Waals surface area contributed by atoms with E-state index in [0.29, 0.717) is 26.2 Å². The van der Waals surface area contributed by atoms with Gasteiger partial charge in [0.2, 0.25) is 0 Å². The normalized spacial score (nSPS) is 20.8. The molecule has 126 valence electrons. The fourth-order valence-corrected chi connectivity index (χ4v) is 2.38. The standard InChI is InChI=1S/C17H24N2O4/c1-11(2)4-7-23-16-10-22-6-5-14(16)19-17(21)13-9-18-12(3)8-15(13)20/h4,8-9,14,16H,5-7,10H2,1-3H3,(H,18,20)(H,19,21)/t14-,16-/m1/s1. The fourth-order valence-electron chi connectivity index (χ4n) is 2.38. The number of hydrogen-bond donors (Lipinski definition) is 2. The number of carbonyl (C=O) groups is 1. The van der Waals surface area contributed by atoms with Gasteiger partial charge in [-0.1, -0.05) is 11.6 Å². The minimum Gasteiger partial charge on any atom is -0.379 e. The van der Waals surface area contributed by atoms with Crippen LogP contribution < -0.4 is 10.7 Å². The van der Waals surface area contributed by atoms with E-state index in [0.717, 1.165) is 5.69 Å². The molecule has 0 unspecified atom stereocenters. The van der Waals surface area contributed by atoms with Crippen molar-refractivity contribution in [1.82, 2.24) is 10.3 Å². The summed E-state index contributed by atoms with van der Waals surface area (Å²) in [7, 11) is 0. The van der Waals surface area contributed by atoms with Gasteiger partial charge in [-0.2, -0.15) is 0 Å². The Kier molecular flexibility index (Phi) is 6.12. The second-order valence-electron chi connectivity index (χ2n) is 5.99. The maximum atomic E-state index is 12.3. The molecule has 1 saturated heterocycles. The SMILES string of the molecule is CC(C)=CCO[C@@H]1COCC[C@H]1NC(=O)c1c[nH]c(C)cc1=O. The Morgan fingerprint density at radius 1 is 1.52 bits per heavy atom. The van der Waals surface area contributed by atoms with Crippen molar-refractivity contribution in [3.63, 3.8) is 0 Å². The van der Waals surface area contributed by atoms with Crippen LogP contribution in [0.3, 0.4) is 0 Å². The number of allylic oxidation sites excluding steroid dienone is 1. The number of aromatic nitrogens is 1. The molecule has 0 radical (unpaired) electrons. The second-order valence-corrected chi connectivity index (χ2v) is 5.99. The molecule has 1 aliphatic rings. The molecule has 0 bridgehead atoms. The number of pyridine rings is 1. The Balaban J connectivity index is 2.01. The maximum absolute atomic E-state index is 12.3. The third-order valence-corrected chi connectivity index (χ3v) is 3.72. The number of ether oxygens (including phenoxy) is 2. The largest absolute Gasteiger partial charge is 0.379 e. The van der Waals surface area contributed by atoms with Gasteiger partial charge in [0.25, 0.3) is 5.91 Å². The Labute approximate surface area is 135 Å². The summed E-state index contributed by atoms with van der Waals surface area (Å²) < 4.78 is 11.2. The average molecular weight is 320 g/mol. The van der Waals surface area contributed by atoms with Gasteiger partial charge in [0.15, 0.2) is 5.43 Å². The molecule has 0 aliphatic carbocycles. The Morgan fingerprint density at radius 3 is 3.00 bits per heavy atom. The van der Waals surface area contributed by atoms with Crippen molar-refractivity contribution >= 4 is 5.91 Å². The van der Waals surface area contributed by atoms with Crippen LogP contribution in [0.1, 0.15) is 36.3 Å². The summed E-state index contributed by atoms with van der Waals surface area (Å²) in [5, 5.41) is 2.90. The molecule has 0 spiro atoms. The summed E-state index contributed by atoms with van der Waals surface area (Å²) in [4.78, 5) is 27.1. The van der Waals surface area contributed by atoms with Crippen LogP contribution in [0.4, 0.5) is 0 Å². The molecule has 6 nitrogen and oxygen atoms in total.